The van der Waals surface area contributed by atoms with E-state index in [1.807, 2.05) is 16.8 Å². The molecule has 1 aliphatic rings. The van der Waals surface area contributed by atoms with Gasteiger partial charge in [0.2, 0.25) is 0 Å². The molecule has 4 heterocycles. The van der Waals surface area contributed by atoms with Crippen molar-refractivity contribution in [3.05, 3.63) is 42.6 Å². The summed E-state index contributed by atoms with van der Waals surface area (Å²) in [5, 5.41) is 14.1. The molecule has 0 radical (unpaired) electrons. The summed E-state index contributed by atoms with van der Waals surface area (Å²) in [5.74, 6) is 0.910. The van der Waals surface area contributed by atoms with Gasteiger partial charge in [0, 0.05) is 25.5 Å². The molecule has 4 rings (SSSR count). The number of hydrogen-bond donors (Lipinski definition) is 0. The average Bonchev–Trinajstić information content (AvgIpc) is 3.23. The van der Waals surface area contributed by atoms with Crippen LogP contribution in [0.15, 0.2) is 37.1 Å². The minimum Gasteiger partial charge on any atom is -0.354 e. The Balaban J connectivity index is 1.63. The normalized spacial score (nSPS) is 17.8. The third-order valence-corrected chi connectivity index (χ3v) is 3.96. The van der Waals surface area contributed by atoms with Crippen LogP contribution in [0.3, 0.4) is 0 Å². The maximum Gasteiger partial charge on any atom is 0.164 e. The lowest BCUT2D eigenvalue weighted by atomic mass is 10.3. The molecule has 0 saturated carbocycles. The zero-order chi connectivity index (χ0) is 14.9. The molecule has 1 fully saturated rings. The van der Waals surface area contributed by atoms with Gasteiger partial charge < -0.3 is 4.90 Å². The second kappa shape index (κ2) is 5.07. The smallest absolute Gasteiger partial charge is 0.164 e. The fourth-order valence-electron chi connectivity index (χ4n) is 2.88. The molecule has 0 N–H and O–H groups in total. The molecule has 108 valence electrons. The van der Waals surface area contributed by atoms with Crippen LogP contribution >= 0.6 is 0 Å². The highest BCUT2D eigenvalue weighted by molar-refractivity contribution is 5.86. The zero-order valence-electron chi connectivity index (χ0n) is 11.8. The predicted octanol–water partition coefficient (Wildman–Crippen LogP) is 1.54. The molecule has 7 heteroatoms. The Morgan fingerprint density at radius 1 is 1.27 bits per heavy atom. The third kappa shape index (κ3) is 2.05. The Morgan fingerprint density at radius 2 is 2.23 bits per heavy atom. The predicted molar refractivity (Wildman–Crippen MR) is 80.1 cm³/mol. The lowest BCUT2D eigenvalue weighted by molar-refractivity contribution is 0.494. The molecule has 0 aromatic carbocycles. The molecule has 0 bridgehead atoms. The quantitative estimate of drug-likeness (QED) is 0.712. The molecule has 1 atom stereocenters. The van der Waals surface area contributed by atoms with Crippen molar-refractivity contribution < 1.29 is 0 Å². The first-order chi connectivity index (χ1) is 10.8. The van der Waals surface area contributed by atoms with Gasteiger partial charge in [-0.1, -0.05) is 0 Å². The Morgan fingerprint density at radius 3 is 3.09 bits per heavy atom. The van der Waals surface area contributed by atoms with E-state index in [1.54, 1.807) is 24.9 Å². The Hall–Kier alpha value is -3.01. The second-order valence-electron chi connectivity index (χ2n) is 5.28. The molecular weight excluding hydrogens is 278 g/mol. The highest BCUT2D eigenvalue weighted by Crippen LogP contribution is 2.29. The Labute approximate surface area is 126 Å². The number of nitriles is 1. The molecule has 22 heavy (non-hydrogen) atoms. The van der Waals surface area contributed by atoms with Gasteiger partial charge in [0.15, 0.2) is 5.65 Å². The Kier molecular flexibility index (Phi) is 2.93. The van der Waals surface area contributed by atoms with Gasteiger partial charge in [0.05, 0.1) is 23.2 Å². The number of fused-ring (bicyclic) bond motifs is 1. The van der Waals surface area contributed by atoms with Crippen LogP contribution in [0.4, 0.5) is 5.82 Å². The molecule has 1 aliphatic heterocycles. The minimum absolute atomic E-state index is 0.254. The van der Waals surface area contributed by atoms with Crippen LogP contribution in [0, 0.1) is 11.3 Å². The summed E-state index contributed by atoms with van der Waals surface area (Å²) in [5.41, 5.74) is 1.30. The van der Waals surface area contributed by atoms with Gasteiger partial charge in [-0.2, -0.15) is 10.4 Å². The summed E-state index contributed by atoms with van der Waals surface area (Å²) in [6, 6.07) is 6.26. The summed E-state index contributed by atoms with van der Waals surface area (Å²) >= 11 is 0. The number of hydrogen-bond acceptors (Lipinski definition) is 6. The average molecular weight is 291 g/mol. The van der Waals surface area contributed by atoms with E-state index in [0.717, 1.165) is 30.7 Å². The maximum absolute atomic E-state index is 8.90. The van der Waals surface area contributed by atoms with Crippen molar-refractivity contribution in [3.63, 3.8) is 0 Å². The van der Waals surface area contributed by atoms with Crippen molar-refractivity contribution in [2.24, 2.45) is 0 Å². The van der Waals surface area contributed by atoms with Gasteiger partial charge >= 0.3 is 0 Å². The first-order valence-corrected chi connectivity index (χ1v) is 7.10. The van der Waals surface area contributed by atoms with Crippen LogP contribution in [-0.4, -0.2) is 37.8 Å². The first-order valence-electron chi connectivity index (χ1n) is 7.10. The van der Waals surface area contributed by atoms with Crippen molar-refractivity contribution in [3.8, 4) is 6.07 Å². The number of nitrogens with zero attached hydrogens (tertiary/aromatic N) is 7. The van der Waals surface area contributed by atoms with Crippen molar-refractivity contribution in [1.29, 1.82) is 5.26 Å². The van der Waals surface area contributed by atoms with E-state index in [1.165, 1.54) is 0 Å². The first kappa shape index (κ1) is 12.7. The monoisotopic (exact) mass is 291 g/mol. The second-order valence-corrected chi connectivity index (χ2v) is 5.28. The molecule has 7 nitrogen and oxygen atoms in total. The number of rotatable bonds is 2. The van der Waals surface area contributed by atoms with Gasteiger partial charge in [-0.3, -0.25) is 4.68 Å². The van der Waals surface area contributed by atoms with E-state index in [4.69, 9.17) is 5.26 Å². The van der Waals surface area contributed by atoms with Crippen LogP contribution in [0.1, 0.15) is 18.0 Å². The molecule has 1 unspecified atom stereocenters. The summed E-state index contributed by atoms with van der Waals surface area (Å²) in [6.45, 7) is 1.71. The van der Waals surface area contributed by atoms with Gasteiger partial charge in [-0.15, -0.1) is 0 Å². The largest absolute Gasteiger partial charge is 0.354 e. The van der Waals surface area contributed by atoms with E-state index in [2.05, 4.69) is 31.0 Å². The van der Waals surface area contributed by atoms with Gasteiger partial charge in [-0.05, 0) is 18.6 Å². The summed E-state index contributed by atoms with van der Waals surface area (Å²) in [6.07, 6.45) is 7.66. The van der Waals surface area contributed by atoms with Crippen LogP contribution in [0.25, 0.3) is 11.0 Å². The van der Waals surface area contributed by atoms with E-state index in [0.29, 0.717) is 11.2 Å². The van der Waals surface area contributed by atoms with E-state index in [9.17, 15) is 0 Å². The molecule has 0 spiro atoms. The summed E-state index contributed by atoms with van der Waals surface area (Å²) in [4.78, 5) is 15.1. The highest BCUT2D eigenvalue weighted by atomic mass is 15.3. The van der Waals surface area contributed by atoms with Crippen LogP contribution < -0.4 is 4.90 Å². The van der Waals surface area contributed by atoms with Crippen molar-refractivity contribution in [1.82, 2.24) is 24.7 Å². The number of aromatic nitrogens is 5. The van der Waals surface area contributed by atoms with E-state index in [-0.39, 0.29) is 6.04 Å². The lowest BCUT2D eigenvalue weighted by Crippen LogP contribution is -2.22. The van der Waals surface area contributed by atoms with E-state index < -0.39 is 0 Å². The summed E-state index contributed by atoms with van der Waals surface area (Å²) < 4.78 is 1.88. The standard InChI is InChI=1S/C15H13N7/c16-6-11-7-20-22(8-11)12-3-5-21(9-12)15-13-2-1-4-17-14(13)18-10-19-15/h1-2,4,7-8,10,12H,3,5,9H2. The number of pyridine rings is 1. The minimum atomic E-state index is 0.254. The highest BCUT2D eigenvalue weighted by Gasteiger charge is 2.26. The van der Waals surface area contributed by atoms with Gasteiger partial charge in [0.25, 0.3) is 0 Å². The zero-order valence-corrected chi connectivity index (χ0v) is 11.8. The fourth-order valence-corrected chi connectivity index (χ4v) is 2.88. The fraction of sp³-hybridized carbons (Fsp3) is 0.267. The maximum atomic E-state index is 8.90. The van der Waals surface area contributed by atoms with Crippen LogP contribution in [0.2, 0.25) is 0 Å². The lowest BCUT2D eigenvalue weighted by Gasteiger charge is -2.18. The molecule has 3 aromatic rings. The van der Waals surface area contributed by atoms with Gasteiger partial charge in [-0.25, -0.2) is 15.0 Å². The molecular formula is C15H13N7. The molecule has 0 amide bonds. The summed E-state index contributed by atoms with van der Waals surface area (Å²) in [7, 11) is 0. The Bertz CT molecular complexity index is 858. The van der Waals surface area contributed by atoms with Crippen LogP contribution in [0.5, 0.6) is 0 Å². The third-order valence-electron chi connectivity index (χ3n) is 3.96. The SMILES string of the molecule is N#Cc1cnn(C2CCN(c3ncnc4ncccc34)C2)c1. The molecule has 1 saturated heterocycles. The van der Waals surface area contributed by atoms with Crippen molar-refractivity contribution in [2.45, 2.75) is 12.5 Å². The number of anilines is 1. The van der Waals surface area contributed by atoms with Crippen LogP contribution in [-0.2, 0) is 0 Å². The molecule has 0 aliphatic carbocycles. The van der Waals surface area contributed by atoms with Gasteiger partial charge in [0.1, 0.15) is 18.2 Å². The topological polar surface area (TPSA) is 83.5 Å². The van der Waals surface area contributed by atoms with Crippen molar-refractivity contribution >= 4 is 16.9 Å². The van der Waals surface area contributed by atoms with E-state index >= 15 is 0 Å². The van der Waals surface area contributed by atoms with Crippen molar-refractivity contribution in [2.75, 3.05) is 18.0 Å². The molecule has 3 aromatic heterocycles.